The summed E-state index contributed by atoms with van der Waals surface area (Å²) < 4.78 is 6.61. The maximum absolute atomic E-state index is 6.61. The molecule has 11 rings (SSSR count). The van der Waals surface area contributed by atoms with Gasteiger partial charge in [-0.25, -0.2) is 0 Å². The van der Waals surface area contributed by atoms with Gasteiger partial charge in [-0.05, 0) is 105 Å². The van der Waals surface area contributed by atoms with Gasteiger partial charge in [-0.1, -0.05) is 134 Å². The van der Waals surface area contributed by atoms with Gasteiger partial charge in [0.15, 0.2) is 0 Å². The summed E-state index contributed by atoms with van der Waals surface area (Å²) in [5.74, 6) is 0. The molecule has 1 heterocycles. The van der Waals surface area contributed by atoms with Gasteiger partial charge in [-0.15, -0.1) is 0 Å². The lowest BCUT2D eigenvalue weighted by Gasteiger charge is -2.43. The number of hydrogen-bond acceptors (Lipinski definition) is 2. The second-order valence-corrected chi connectivity index (χ2v) is 13.6. The number of allylic oxidation sites excluding steroid dienone is 10. The third-order valence-corrected chi connectivity index (χ3v) is 11.0. The average Bonchev–Trinajstić information content (AvgIpc) is 3.89. The zero-order chi connectivity index (χ0) is 33.5. The quantitative estimate of drug-likeness (QED) is 0.189. The van der Waals surface area contributed by atoms with Gasteiger partial charge in [0, 0.05) is 22.3 Å². The van der Waals surface area contributed by atoms with Gasteiger partial charge in [0.05, 0.1) is 16.5 Å². The molecule has 0 N–H and O–H groups in total. The molecule has 2 heteroatoms. The van der Waals surface area contributed by atoms with Gasteiger partial charge in [-0.2, -0.15) is 0 Å². The summed E-state index contributed by atoms with van der Waals surface area (Å²) in [5, 5.41) is 2.20. The average molecular weight is 650 g/mol. The highest BCUT2D eigenvalue weighted by Gasteiger charge is 2.49. The molecule has 4 aliphatic rings. The van der Waals surface area contributed by atoms with Crippen molar-refractivity contribution in [2.45, 2.75) is 0 Å². The van der Waals surface area contributed by atoms with Gasteiger partial charge < -0.3 is 9.32 Å². The molecule has 0 saturated heterocycles. The zero-order valence-electron chi connectivity index (χ0n) is 27.8. The number of furan rings is 1. The van der Waals surface area contributed by atoms with E-state index in [1.54, 1.807) is 0 Å². The van der Waals surface area contributed by atoms with Crippen LogP contribution in [0, 0.1) is 5.41 Å². The third-order valence-electron chi connectivity index (χ3n) is 11.0. The minimum absolute atomic E-state index is 0.548. The second-order valence-electron chi connectivity index (χ2n) is 13.6. The van der Waals surface area contributed by atoms with Crippen molar-refractivity contribution in [3.05, 3.63) is 215 Å². The van der Waals surface area contributed by atoms with Crippen LogP contribution in [0.3, 0.4) is 0 Å². The van der Waals surface area contributed by atoms with E-state index in [4.69, 9.17) is 4.42 Å². The Labute approximate surface area is 296 Å². The summed E-state index contributed by atoms with van der Waals surface area (Å²) in [7, 11) is 0. The molecule has 0 radical (unpaired) electrons. The van der Waals surface area contributed by atoms with Crippen LogP contribution in [-0.4, -0.2) is 0 Å². The summed E-state index contributed by atoms with van der Waals surface area (Å²) in [6.45, 7) is 0. The molecule has 0 aliphatic heterocycles. The van der Waals surface area contributed by atoms with E-state index in [-0.39, 0.29) is 0 Å². The lowest BCUT2D eigenvalue weighted by molar-refractivity contribution is 0.669. The van der Waals surface area contributed by atoms with Gasteiger partial charge >= 0.3 is 0 Å². The van der Waals surface area contributed by atoms with Crippen LogP contribution in [0.1, 0.15) is 27.8 Å². The summed E-state index contributed by atoms with van der Waals surface area (Å²) in [6, 6.07) is 52.0. The topological polar surface area (TPSA) is 16.4 Å². The molecule has 4 aliphatic carbocycles. The number of fused-ring (bicyclic) bond motifs is 11. The van der Waals surface area contributed by atoms with Crippen molar-refractivity contribution in [2.24, 2.45) is 5.41 Å². The van der Waals surface area contributed by atoms with Crippen molar-refractivity contribution < 1.29 is 4.42 Å². The van der Waals surface area contributed by atoms with E-state index >= 15 is 0 Å². The maximum atomic E-state index is 6.61. The van der Waals surface area contributed by atoms with E-state index in [2.05, 4.69) is 193 Å². The highest BCUT2D eigenvalue weighted by Crippen LogP contribution is 2.65. The fourth-order valence-electron chi connectivity index (χ4n) is 8.91. The van der Waals surface area contributed by atoms with Crippen LogP contribution in [0.5, 0.6) is 0 Å². The SMILES string of the molecule is C1=CC2(C3=Cc4ccccc4C3=C1)C1=Cc3ccccc3C1=CC=C2c1ccc2oc3ccccc3c2c1N(c1ccccc1)c1ccccc1. The molecule has 0 amide bonds. The Morgan fingerprint density at radius 3 is 1.73 bits per heavy atom. The first-order chi connectivity index (χ1) is 25.3. The molecule has 0 saturated carbocycles. The molecule has 1 atom stereocenters. The van der Waals surface area contributed by atoms with E-state index < -0.39 is 5.41 Å². The number of para-hydroxylation sites is 3. The molecule has 51 heavy (non-hydrogen) atoms. The first kappa shape index (κ1) is 28.2. The van der Waals surface area contributed by atoms with Crippen molar-refractivity contribution in [1.82, 2.24) is 0 Å². The minimum Gasteiger partial charge on any atom is -0.456 e. The molecular formula is C49H31NO. The van der Waals surface area contributed by atoms with E-state index in [0.29, 0.717) is 0 Å². The van der Waals surface area contributed by atoms with Gasteiger partial charge in [0.1, 0.15) is 11.2 Å². The number of rotatable bonds is 4. The highest BCUT2D eigenvalue weighted by atomic mass is 16.3. The van der Waals surface area contributed by atoms with Crippen molar-refractivity contribution in [2.75, 3.05) is 4.90 Å². The zero-order valence-corrected chi connectivity index (χ0v) is 27.8. The molecule has 1 unspecified atom stereocenters. The van der Waals surface area contributed by atoms with Crippen LogP contribution < -0.4 is 4.90 Å². The first-order valence-electron chi connectivity index (χ1n) is 17.6. The molecule has 0 fully saturated rings. The Balaban J connectivity index is 1.27. The Morgan fingerprint density at radius 1 is 0.451 bits per heavy atom. The monoisotopic (exact) mass is 649 g/mol. The van der Waals surface area contributed by atoms with Crippen molar-refractivity contribution in [1.29, 1.82) is 0 Å². The van der Waals surface area contributed by atoms with E-state index in [9.17, 15) is 0 Å². The highest BCUT2D eigenvalue weighted by molar-refractivity contribution is 6.18. The van der Waals surface area contributed by atoms with E-state index in [0.717, 1.165) is 44.6 Å². The fraction of sp³-hybridized carbons (Fsp3) is 0.0204. The maximum Gasteiger partial charge on any atom is 0.137 e. The number of benzene rings is 6. The van der Waals surface area contributed by atoms with Gasteiger partial charge in [0.2, 0.25) is 0 Å². The van der Waals surface area contributed by atoms with Gasteiger partial charge in [-0.3, -0.25) is 0 Å². The Morgan fingerprint density at radius 2 is 1.04 bits per heavy atom. The molecule has 1 aromatic heterocycles. The molecule has 238 valence electrons. The third kappa shape index (κ3) is 3.93. The molecule has 7 aromatic rings. The van der Waals surface area contributed by atoms with Gasteiger partial charge in [0.25, 0.3) is 0 Å². The standard InChI is InChI=1S/C49H31NO/c1-3-16-34(17-4-1)50(35-18-5-2-6-19-35)48-40(26-28-46-47(48)41-22-11-12-24-45(41)51-46)42-27-25-39-37-21-10-8-15-33(37)31-44(39)49(42)29-13-23-38-36-20-9-7-14-32(36)30-43(38)49/h1-31H. The van der Waals surface area contributed by atoms with Crippen LogP contribution in [0.4, 0.5) is 17.1 Å². The van der Waals surface area contributed by atoms with Crippen LogP contribution in [0.2, 0.25) is 0 Å². The Hall–Kier alpha value is -6.64. The second kappa shape index (κ2) is 10.7. The predicted octanol–water partition coefficient (Wildman–Crippen LogP) is 13.0. The number of nitrogens with zero attached hydrogens (tertiary/aromatic N) is 1. The predicted molar refractivity (Wildman–Crippen MR) is 213 cm³/mol. The van der Waals surface area contributed by atoms with E-state index in [1.807, 2.05) is 0 Å². The van der Waals surface area contributed by atoms with Crippen LogP contribution in [0.25, 0.3) is 50.8 Å². The van der Waals surface area contributed by atoms with Crippen LogP contribution in [-0.2, 0) is 0 Å². The smallest absolute Gasteiger partial charge is 0.137 e. The van der Waals surface area contributed by atoms with Crippen LogP contribution >= 0.6 is 0 Å². The lowest BCUT2D eigenvalue weighted by Crippen LogP contribution is -2.29. The fourth-order valence-corrected chi connectivity index (χ4v) is 8.91. The summed E-state index contributed by atoms with van der Waals surface area (Å²) in [5.41, 5.74) is 17.2. The van der Waals surface area contributed by atoms with Crippen molar-refractivity contribution >= 4 is 67.9 Å². The summed E-state index contributed by atoms with van der Waals surface area (Å²) in [4.78, 5) is 2.42. The van der Waals surface area contributed by atoms with Crippen molar-refractivity contribution in [3.63, 3.8) is 0 Å². The molecular weight excluding hydrogens is 619 g/mol. The Bertz CT molecular complexity index is 2720. The van der Waals surface area contributed by atoms with Crippen LogP contribution in [0.15, 0.2) is 192 Å². The summed E-state index contributed by atoms with van der Waals surface area (Å²) in [6.07, 6.45) is 16.6. The molecule has 0 bridgehead atoms. The Kier molecular flexibility index (Phi) is 5.91. The first-order valence-corrected chi connectivity index (χ1v) is 17.6. The number of hydrogen-bond donors (Lipinski definition) is 0. The lowest BCUT2D eigenvalue weighted by atomic mass is 9.59. The van der Waals surface area contributed by atoms with Crippen molar-refractivity contribution in [3.8, 4) is 0 Å². The molecule has 6 aromatic carbocycles. The normalized spacial score (nSPS) is 18.0. The molecule has 1 spiro atoms. The minimum atomic E-state index is -0.548. The summed E-state index contributed by atoms with van der Waals surface area (Å²) >= 11 is 0. The molecule has 2 nitrogen and oxygen atoms in total. The number of anilines is 3. The van der Waals surface area contributed by atoms with E-state index in [1.165, 1.54) is 50.1 Å². The largest absolute Gasteiger partial charge is 0.456 e.